The maximum Gasteiger partial charge on any atom is 0.326 e. The van der Waals surface area contributed by atoms with Crippen molar-refractivity contribution in [1.82, 2.24) is 15.5 Å². The van der Waals surface area contributed by atoms with E-state index in [2.05, 4.69) is 15.5 Å². The number of nitrogens with one attached hydrogen (secondary N) is 2. The summed E-state index contributed by atoms with van der Waals surface area (Å²) in [4.78, 5) is 35.4. The van der Waals surface area contributed by atoms with Crippen LogP contribution in [0.3, 0.4) is 0 Å². The first kappa shape index (κ1) is 17.2. The van der Waals surface area contributed by atoms with Crippen LogP contribution in [-0.2, 0) is 14.3 Å². The SMILES string of the molecule is CN1CCOC(CNC(=O)N[C@H](CCC(N)=O)C(=O)O)C1. The van der Waals surface area contributed by atoms with Crippen molar-refractivity contribution in [3.63, 3.8) is 0 Å². The molecule has 0 spiro atoms. The molecule has 120 valence electrons. The molecule has 3 amide bonds. The van der Waals surface area contributed by atoms with Gasteiger partial charge >= 0.3 is 12.0 Å². The number of carbonyl (C=O) groups excluding carboxylic acids is 2. The Hall–Kier alpha value is -1.87. The highest BCUT2D eigenvalue weighted by Crippen LogP contribution is 2.02. The van der Waals surface area contributed by atoms with Crippen molar-refractivity contribution in [3.05, 3.63) is 0 Å². The molecule has 0 aliphatic carbocycles. The van der Waals surface area contributed by atoms with Crippen molar-refractivity contribution >= 4 is 17.9 Å². The molecular formula is C12H22N4O5. The van der Waals surface area contributed by atoms with E-state index in [9.17, 15) is 14.4 Å². The van der Waals surface area contributed by atoms with E-state index >= 15 is 0 Å². The second-order valence-electron chi connectivity index (χ2n) is 5.01. The predicted octanol–water partition coefficient (Wildman–Crippen LogP) is -1.67. The third-order valence-corrected chi connectivity index (χ3v) is 3.11. The number of primary amides is 1. The summed E-state index contributed by atoms with van der Waals surface area (Å²) in [5.41, 5.74) is 4.96. The van der Waals surface area contributed by atoms with Gasteiger partial charge in [-0.1, -0.05) is 0 Å². The number of morpholine rings is 1. The molecular weight excluding hydrogens is 280 g/mol. The maximum absolute atomic E-state index is 11.7. The zero-order chi connectivity index (χ0) is 15.8. The number of carboxylic acid groups (broad SMARTS) is 1. The van der Waals surface area contributed by atoms with E-state index in [1.54, 1.807) is 0 Å². The van der Waals surface area contributed by atoms with Gasteiger partial charge in [-0.05, 0) is 13.5 Å². The molecule has 1 unspecified atom stereocenters. The fraction of sp³-hybridized carbons (Fsp3) is 0.750. The molecule has 1 heterocycles. The quantitative estimate of drug-likeness (QED) is 0.444. The normalized spacial score (nSPS) is 20.5. The van der Waals surface area contributed by atoms with Crippen molar-refractivity contribution in [2.45, 2.75) is 25.0 Å². The van der Waals surface area contributed by atoms with Gasteiger partial charge in [0, 0.05) is 26.1 Å². The van der Waals surface area contributed by atoms with Crippen LogP contribution in [0.2, 0.25) is 0 Å². The highest BCUT2D eigenvalue weighted by Gasteiger charge is 2.22. The summed E-state index contributed by atoms with van der Waals surface area (Å²) in [7, 11) is 1.96. The third-order valence-electron chi connectivity index (χ3n) is 3.11. The molecule has 1 fully saturated rings. The van der Waals surface area contributed by atoms with Gasteiger partial charge in [-0.15, -0.1) is 0 Å². The molecule has 9 heteroatoms. The van der Waals surface area contributed by atoms with E-state index in [-0.39, 0.29) is 18.9 Å². The van der Waals surface area contributed by atoms with Crippen LogP contribution in [0.5, 0.6) is 0 Å². The number of aliphatic carboxylic acids is 1. The molecule has 2 atom stereocenters. The summed E-state index contributed by atoms with van der Waals surface area (Å²) >= 11 is 0. The molecule has 0 aromatic carbocycles. The van der Waals surface area contributed by atoms with Crippen LogP contribution >= 0.6 is 0 Å². The first-order valence-corrected chi connectivity index (χ1v) is 6.74. The van der Waals surface area contributed by atoms with Crippen LogP contribution in [0.1, 0.15) is 12.8 Å². The molecule has 1 saturated heterocycles. The molecule has 0 radical (unpaired) electrons. The average molecular weight is 302 g/mol. The fourth-order valence-electron chi connectivity index (χ4n) is 1.95. The second-order valence-corrected chi connectivity index (χ2v) is 5.01. The molecule has 1 aliphatic heterocycles. The topological polar surface area (TPSA) is 134 Å². The smallest absolute Gasteiger partial charge is 0.326 e. The highest BCUT2D eigenvalue weighted by atomic mass is 16.5. The van der Waals surface area contributed by atoms with Gasteiger partial charge < -0.3 is 31.1 Å². The zero-order valence-corrected chi connectivity index (χ0v) is 12.0. The van der Waals surface area contributed by atoms with E-state index in [0.29, 0.717) is 19.7 Å². The largest absolute Gasteiger partial charge is 0.480 e. The second kappa shape index (κ2) is 8.42. The molecule has 5 N–H and O–H groups in total. The summed E-state index contributed by atoms with van der Waals surface area (Å²) in [6.45, 7) is 2.43. The number of carbonyl (C=O) groups is 3. The molecule has 0 aromatic heterocycles. The minimum Gasteiger partial charge on any atom is -0.480 e. The molecule has 1 rings (SSSR count). The monoisotopic (exact) mass is 302 g/mol. The fourth-order valence-corrected chi connectivity index (χ4v) is 1.95. The van der Waals surface area contributed by atoms with Gasteiger partial charge in [0.15, 0.2) is 0 Å². The minimum atomic E-state index is -1.21. The van der Waals surface area contributed by atoms with E-state index in [4.69, 9.17) is 15.6 Å². The third kappa shape index (κ3) is 6.91. The number of ether oxygens (including phenoxy) is 1. The summed E-state index contributed by atoms with van der Waals surface area (Å²) in [6.07, 6.45) is -0.266. The zero-order valence-electron chi connectivity index (χ0n) is 12.0. The van der Waals surface area contributed by atoms with Gasteiger partial charge in [0.1, 0.15) is 6.04 Å². The Labute approximate surface area is 122 Å². The number of nitrogens with zero attached hydrogens (tertiary/aromatic N) is 1. The number of hydrogen-bond donors (Lipinski definition) is 4. The van der Waals surface area contributed by atoms with E-state index in [0.717, 1.165) is 6.54 Å². The first-order chi connectivity index (χ1) is 9.88. The predicted molar refractivity (Wildman–Crippen MR) is 73.6 cm³/mol. The lowest BCUT2D eigenvalue weighted by Gasteiger charge is -2.30. The number of hydrogen-bond acceptors (Lipinski definition) is 5. The number of nitrogens with two attached hydrogens (primary N) is 1. The van der Waals surface area contributed by atoms with E-state index in [1.807, 2.05) is 7.05 Å². The van der Waals surface area contributed by atoms with E-state index in [1.165, 1.54) is 0 Å². The van der Waals surface area contributed by atoms with Crippen molar-refractivity contribution < 1.29 is 24.2 Å². The molecule has 9 nitrogen and oxygen atoms in total. The van der Waals surface area contributed by atoms with Crippen molar-refractivity contribution in [2.24, 2.45) is 5.73 Å². The Morgan fingerprint density at radius 2 is 2.19 bits per heavy atom. The van der Waals surface area contributed by atoms with Gasteiger partial charge in [0.25, 0.3) is 0 Å². The maximum atomic E-state index is 11.7. The summed E-state index contributed by atoms with van der Waals surface area (Å²) < 4.78 is 5.47. The molecule has 1 aliphatic rings. The summed E-state index contributed by atoms with van der Waals surface area (Å²) in [5.74, 6) is -1.82. The number of carboxylic acids is 1. The van der Waals surface area contributed by atoms with Gasteiger partial charge in [-0.25, -0.2) is 9.59 Å². The molecule has 21 heavy (non-hydrogen) atoms. The van der Waals surface area contributed by atoms with Crippen LogP contribution in [0.4, 0.5) is 4.79 Å². The number of urea groups is 1. The molecule has 0 saturated carbocycles. The van der Waals surface area contributed by atoms with Crippen LogP contribution in [0, 0.1) is 0 Å². The Bertz CT molecular complexity index is 390. The van der Waals surface area contributed by atoms with E-state index < -0.39 is 23.9 Å². The molecule has 0 aromatic rings. The van der Waals surface area contributed by atoms with Crippen LogP contribution in [0.25, 0.3) is 0 Å². The van der Waals surface area contributed by atoms with Gasteiger partial charge in [0.2, 0.25) is 5.91 Å². The summed E-state index contributed by atoms with van der Waals surface area (Å²) in [5, 5.41) is 13.8. The Morgan fingerprint density at radius 1 is 1.48 bits per heavy atom. The Morgan fingerprint density at radius 3 is 2.76 bits per heavy atom. The number of rotatable bonds is 7. The first-order valence-electron chi connectivity index (χ1n) is 6.74. The van der Waals surface area contributed by atoms with Crippen molar-refractivity contribution in [2.75, 3.05) is 33.3 Å². The van der Waals surface area contributed by atoms with Crippen molar-refractivity contribution in [1.29, 1.82) is 0 Å². The number of amides is 3. The number of likely N-dealkylation sites (N-methyl/N-ethyl adjacent to an activating group) is 1. The van der Waals surface area contributed by atoms with Gasteiger partial charge in [0.05, 0.1) is 12.7 Å². The van der Waals surface area contributed by atoms with Crippen LogP contribution in [0.15, 0.2) is 0 Å². The lowest BCUT2D eigenvalue weighted by atomic mass is 10.1. The molecule has 0 bridgehead atoms. The average Bonchev–Trinajstić information content (AvgIpc) is 2.40. The lowest BCUT2D eigenvalue weighted by Crippen LogP contribution is -2.51. The lowest BCUT2D eigenvalue weighted by molar-refractivity contribution is -0.139. The van der Waals surface area contributed by atoms with Gasteiger partial charge in [-0.2, -0.15) is 0 Å². The van der Waals surface area contributed by atoms with Crippen molar-refractivity contribution in [3.8, 4) is 0 Å². The minimum absolute atomic E-state index is 0.0409. The Kier molecular flexibility index (Phi) is 6.89. The standard InChI is InChI=1S/C12H22N4O5/c1-16-4-5-21-8(7-16)6-14-12(20)15-9(11(18)19)2-3-10(13)17/h8-9H,2-7H2,1H3,(H2,13,17)(H,18,19)(H2,14,15,20)/t8?,9-/m1/s1. The summed E-state index contributed by atoms with van der Waals surface area (Å²) in [6, 6.07) is -1.75. The van der Waals surface area contributed by atoms with Crippen LogP contribution < -0.4 is 16.4 Å². The Balaban J connectivity index is 2.32. The van der Waals surface area contributed by atoms with Gasteiger partial charge in [-0.3, -0.25) is 4.79 Å². The van der Waals surface area contributed by atoms with Crippen LogP contribution in [-0.4, -0.2) is 73.3 Å². The highest BCUT2D eigenvalue weighted by molar-refractivity contribution is 5.83.